The van der Waals surface area contributed by atoms with Crippen LogP contribution in [0.1, 0.15) is 20.8 Å². The quantitative estimate of drug-likeness (QED) is 0.785. The number of nitrogen functional groups attached to an aromatic ring is 1. The second-order valence-corrected chi connectivity index (χ2v) is 6.19. The lowest BCUT2D eigenvalue weighted by atomic mass is 9.97. The summed E-state index contributed by atoms with van der Waals surface area (Å²) in [7, 11) is 0. The Morgan fingerprint density at radius 1 is 1.38 bits per heavy atom. The normalized spacial score (nSPS) is 11.9. The predicted octanol–water partition coefficient (Wildman–Crippen LogP) is 3.34. The summed E-state index contributed by atoms with van der Waals surface area (Å²) in [6.07, 6.45) is 0. The summed E-state index contributed by atoms with van der Waals surface area (Å²) in [5.41, 5.74) is 7.80. The van der Waals surface area contributed by atoms with Crippen molar-refractivity contribution in [2.45, 2.75) is 20.8 Å². The number of hydrogen-bond donors (Lipinski definition) is 2. The van der Waals surface area contributed by atoms with Gasteiger partial charge >= 0.3 is 0 Å². The first-order valence-corrected chi connectivity index (χ1v) is 6.16. The fourth-order valence-electron chi connectivity index (χ4n) is 1.36. The van der Waals surface area contributed by atoms with E-state index in [0.717, 1.165) is 27.6 Å². The largest absolute Gasteiger partial charge is 0.399 e. The molecule has 0 bridgehead atoms. The maximum atomic E-state index is 5.73. The third-order valence-electron chi connectivity index (χ3n) is 2.18. The topological polar surface area (TPSA) is 50.9 Å². The Morgan fingerprint density at radius 2 is 2.12 bits per heavy atom. The number of aromatic nitrogens is 1. The van der Waals surface area contributed by atoms with Gasteiger partial charge in [-0.1, -0.05) is 32.1 Å². The van der Waals surface area contributed by atoms with E-state index in [0.29, 0.717) is 0 Å². The van der Waals surface area contributed by atoms with Crippen molar-refractivity contribution in [1.29, 1.82) is 0 Å². The fourth-order valence-corrected chi connectivity index (χ4v) is 2.27. The number of fused-ring (bicyclic) bond motifs is 1. The van der Waals surface area contributed by atoms with E-state index >= 15 is 0 Å². The Hall–Kier alpha value is -1.29. The average Bonchev–Trinajstić information content (AvgIpc) is 2.55. The van der Waals surface area contributed by atoms with Crippen molar-refractivity contribution < 1.29 is 0 Å². The molecular weight excluding hydrogens is 218 g/mol. The first-order chi connectivity index (χ1) is 7.44. The zero-order chi connectivity index (χ0) is 11.8. The summed E-state index contributed by atoms with van der Waals surface area (Å²) in [4.78, 5) is 4.51. The van der Waals surface area contributed by atoms with E-state index in [9.17, 15) is 0 Å². The minimum absolute atomic E-state index is 0.261. The Kier molecular flexibility index (Phi) is 2.76. The van der Waals surface area contributed by atoms with Crippen molar-refractivity contribution in [1.82, 2.24) is 4.98 Å². The molecule has 2 rings (SSSR count). The van der Waals surface area contributed by atoms with Crippen LogP contribution < -0.4 is 11.1 Å². The lowest BCUT2D eigenvalue weighted by Crippen LogP contribution is -2.18. The van der Waals surface area contributed by atoms with E-state index in [-0.39, 0.29) is 5.41 Å². The van der Waals surface area contributed by atoms with Crippen molar-refractivity contribution in [3.63, 3.8) is 0 Å². The summed E-state index contributed by atoms with van der Waals surface area (Å²) in [5, 5.41) is 4.33. The summed E-state index contributed by atoms with van der Waals surface area (Å²) >= 11 is 1.65. The Labute approximate surface area is 99.7 Å². The SMILES string of the molecule is CC(C)(C)CNc1nc2ccc(N)cc2s1. The summed E-state index contributed by atoms with van der Waals surface area (Å²) in [6, 6.07) is 5.81. The summed E-state index contributed by atoms with van der Waals surface area (Å²) in [5.74, 6) is 0. The molecule has 0 unspecified atom stereocenters. The number of anilines is 2. The van der Waals surface area contributed by atoms with Crippen LogP contribution in [-0.4, -0.2) is 11.5 Å². The van der Waals surface area contributed by atoms with Gasteiger partial charge in [0.2, 0.25) is 0 Å². The van der Waals surface area contributed by atoms with Gasteiger partial charge in [0.25, 0.3) is 0 Å². The first kappa shape index (κ1) is 11.2. The smallest absolute Gasteiger partial charge is 0.183 e. The van der Waals surface area contributed by atoms with Crippen LogP contribution >= 0.6 is 11.3 Å². The van der Waals surface area contributed by atoms with Crippen molar-refractivity contribution in [3.8, 4) is 0 Å². The van der Waals surface area contributed by atoms with Crippen LogP contribution in [0.4, 0.5) is 10.8 Å². The molecule has 1 aromatic carbocycles. The minimum Gasteiger partial charge on any atom is -0.399 e. The van der Waals surface area contributed by atoms with E-state index in [4.69, 9.17) is 5.73 Å². The lowest BCUT2D eigenvalue weighted by Gasteiger charge is -2.17. The summed E-state index contributed by atoms with van der Waals surface area (Å²) < 4.78 is 1.14. The molecule has 3 nitrogen and oxygen atoms in total. The molecule has 0 atom stereocenters. The van der Waals surface area contributed by atoms with E-state index in [1.54, 1.807) is 11.3 Å². The van der Waals surface area contributed by atoms with Crippen LogP contribution in [0.25, 0.3) is 10.2 Å². The molecule has 4 heteroatoms. The van der Waals surface area contributed by atoms with Crippen molar-refractivity contribution in [2.75, 3.05) is 17.6 Å². The lowest BCUT2D eigenvalue weighted by molar-refractivity contribution is 0.443. The van der Waals surface area contributed by atoms with Gasteiger partial charge in [-0.2, -0.15) is 0 Å². The number of benzene rings is 1. The zero-order valence-corrected chi connectivity index (χ0v) is 10.7. The molecule has 2 aromatic rings. The number of nitrogens with two attached hydrogens (primary N) is 1. The van der Waals surface area contributed by atoms with Gasteiger partial charge in [-0.3, -0.25) is 0 Å². The van der Waals surface area contributed by atoms with Gasteiger partial charge in [0, 0.05) is 12.2 Å². The molecule has 0 aliphatic heterocycles. The van der Waals surface area contributed by atoms with Gasteiger partial charge in [-0.15, -0.1) is 0 Å². The van der Waals surface area contributed by atoms with Crippen LogP contribution in [0.3, 0.4) is 0 Å². The average molecular weight is 235 g/mol. The molecule has 0 spiro atoms. The maximum absolute atomic E-state index is 5.73. The highest BCUT2D eigenvalue weighted by molar-refractivity contribution is 7.22. The van der Waals surface area contributed by atoms with Crippen LogP contribution in [-0.2, 0) is 0 Å². The highest BCUT2D eigenvalue weighted by Crippen LogP contribution is 2.28. The Balaban J connectivity index is 2.20. The molecule has 0 fully saturated rings. The summed E-state index contributed by atoms with van der Waals surface area (Å²) in [6.45, 7) is 7.52. The van der Waals surface area contributed by atoms with Gasteiger partial charge in [-0.25, -0.2) is 4.98 Å². The van der Waals surface area contributed by atoms with Crippen LogP contribution in [0, 0.1) is 5.41 Å². The minimum atomic E-state index is 0.261. The van der Waals surface area contributed by atoms with E-state index in [2.05, 4.69) is 31.1 Å². The fraction of sp³-hybridized carbons (Fsp3) is 0.417. The molecule has 86 valence electrons. The molecule has 0 saturated carbocycles. The van der Waals surface area contributed by atoms with Gasteiger partial charge in [0.1, 0.15) is 0 Å². The van der Waals surface area contributed by atoms with E-state index in [1.807, 2.05) is 18.2 Å². The molecule has 16 heavy (non-hydrogen) atoms. The molecule has 1 aromatic heterocycles. The number of rotatable bonds is 2. The molecule has 0 radical (unpaired) electrons. The Bertz CT molecular complexity index is 496. The second kappa shape index (κ2) is 3.94. The zero-order valence-electron chi connectivity index (χ0n) is 9.87. The number of thiazole rings is 1. The highest BCUT2D eigenvalue weighted by Gasteiger charge is 2.11. The van der Waals surface area contributed by atoms with Gasteiger partial charge < -0.3 is 11.1 Å². The standard InChI is InChI=1S/C12H17N3S/c1-12(2,3)7-14-11-15-9-5-4-8(13)6-10(9)16-11/h4-6H,7,13H2,1-3H3,(H,14,15). The van der Waals surface area contributed by atoms with Crippen LogP contribution in [0.5, 0.6) is 0 Å². The van der Waals surface area contributed by atoms with Crippen LogP contribution in [0.15, 0.2) is 18.2 Å². The molecule has 0 saturated heterocycles. The van der Waals surface area contributed by atoms with Gasteiger partial charge in [0.05, 0.1) is 10.2 Å². The molecule has 1 heterocycles. The van der Waals surface area contributed by atoms with Crippen molar-refractivity contribution >= 4 is 32.4 Å². The molecule has 3 N–H and O–H groups in total. The first-order valence-electron chi connectivity index (χ1n) is 5.34. The van der Waals surface area contributed by atoms with E-state index in [1.165, 1.54) is 0 Å². The molecule has 0 aliphatic carbocycles. The van der Waals surface area contributed by atoms with Gasteiger partial charge in [0.15, 0.2) is 5.13 Å². The monoisotopic (exact) mass is 235 g/mol. The second-order valence-electron chi connectivity index (χ2n) is 5.16. The number of nitrogens with zero attached hydrogens (tertiary/aromatic N) is 1. The third-order valence-corrected chi connectivity index (χ3v) is 3.16. The Morgan fingerprint density at radius 3 is 2.81 bits per heavy atom. The van der Waals surface area contributed by atoms with E-state index < -0.39 is 0 Å². The molecular formula is C12H17N3S. The predicted molar refractivity (Wildman–Crippen MR) is 72.0 cm³/mol. The van der Waals surface area contributed by atoms with Crippen molar-refractivity contribution in [2.24, 2.45) is 5.41 Å². The number of hydrogen-bond acceptors (Lipinski definition) is 4. The van der Waals surface area contributed by atoms with Gasteiger partial charge in [-0.05, 0) is 23.6 Å². The third kappa shape index (κ3) is 2.64. The molecule has 0 amide bonds. The van der Waals surface area contributed by atoms with Crippen molar-refractivity contribution in [3.05, 3.63) is 18.2 Å². The molecule has 0 aliphatic rings. The van der Waals surface area contributed by atoms with Crippen LogP contribution in [0.2, 0.25) is 0 Å². The number of nitrogens with one attached hydrogen (secondary N) is 1. The maximum Gasteiger partial charge on any atom is 0.183 e. The highest BCUT2D eigenvalue weighted by atomic mass is 32.1.